The molecule has 8 heteroatoms. The van der Waals surface area contributed by atoms with Gasteiger partial charge in [0.15, 0.2) is 0 Å². The largest absolute Gasteiger partial charge is 0.383 e. The third-order valence-electron chi connectivity index (χ3n) is 6.10. The van der Waals surface area contributed by atoms with Gasteiger partial charge in [0, 0.05) is 25.7 Å². The van der Waals surface area contributed by atoms with Gasteiger partial charge in [0.2, 0.25) is 10.0 Å². The molecule has 1 aromatic rings. The number of nitrogens with zero attached hydrogens (tertiary/aromatic N) is 1. The molecular formula is C22H36FN3O3S. The normalized spacial score (nSPS) is 28.0. The number of sulfonamides is 1. The fourth-order valence-corrected chi connectivity index (χ4v) is 5.37. The molecule has 1 saturated heterocycles. The molecule has 2 aliphatic rings. The van der Waals surface area contributed by atoms with Crippen LogP contribution in [0.25, 0.3) is 0 Å². The summed E-state index contributed by atoms with van der Waals surface area (Å²) < 4.78 is 46.8. The Balaban J connectivity index is 1.57. The lowest BCUT2D eigenvalue weighted by Gasteiger charge is -2.38. The monoisotopic (exact) mass is 441 g/mol. The van der Waals surface area contributed by atoms with Crippen molar-refractivity contribution >= 4 is 21.4 Å². The molecule has 0 spiro atoms. The van der Waals surface area contributed by atoms with Gasteiger partial charge in [-0.1, -0.05) is 0 Å². The zero-order chi connectivity index (χ0) is 21.9. The van der Waals surface area contributed by atoms with Gasteiger partial charge >= 0.3 is 0 Å². The van der Waals surface area contributed by atoms with Crippen LogP contribution in [0.4, 0.5) is 15.8 Å². The zero-order valence-electron chi connectivity index (χ0n) is 18.5. The highest BCUT2D eigenvalue weighted by Crippen LogP contribution is 2.31. The van der Waals surface area contributed by atoms with E-state index in [9.17, 15) is 12.8 Å². The molecule has 1 aliphatic heterocycles. The zero-order valence-corrected chi connectivity index (χ0v) is 19.3. The van der Waals surface area contributed by atoms with E-state index in [1.165, 1.54) is 6.07 Å². The summed E-state index contributed by atoms with van der Waals surface area (Å²) in [6.45, 7) is 9.77. The van der Waals surface area contributed by atoms with E-state index >= 15 is 0 Å². The first-order valence-corrected chi connectivity index (χ1v) is 12.6. The Bertz CT molecular complexity index is 800. The summed E-state index contributed by atoms with van der Waals surface area (Å²) in [5, 5.41) is 3.13. The maximum atomic E-state index is 14.0. The third kappa shape index (κ3) is 6.08. The van der Waals surface area contributed by atoms with Crippen LogP contribution in [-0.4, -0.2) is 51.6 Å². The molecule has 6 nitrogen and oxygen atoms in total. The molecule has 2 fully saturated rings. The average molecular weight is 442 g/mol. The quantitative estimate of drug-likeness (QED) is 0.675. The van der Waals surface area contributed by atoms with Crippen molar-refractivity contribution in [2.75, 3.05) is 29.9 Å². The number of benzene rings is 1. The number of anilines is 2. The Labute approximate surface area is 180 Å². The lowest BCUT2D eigenvalue weighted by atomic mass is 9.86. The van der Waals surface area contributed by atoms with Gasteiger partial charge in [-0.25, -0.2) is 17.5 Å². The standard InChI is InChI=1S/C22H36FN3O3S/c1-15(2)30(27,28)25-20-8-5-18(6-9-20)12-24-21-10-7-19(23)11-22(21)26-13-16(3)29-17(4)14-26/h7,10-11,15-18,20,24-25H,5-6,8-9,12-14H2,1-4H3/t16-,17+,18-,20-. The van der Waals surface area contributed by atoms with Crippen LogP contribution in [0.1, 0.15) is 53.4 Å². The average Bonchev–Trinajstić information content (AvgIpc) is 2.67. The Morgan fingerprint density at radius 1 is 1.13 bits per heavy atom. The van der Waals surface area contributed by atoms with Crippen LogP contribution in [0.2, 0.25) is 0 Å². The molecule has 0 amide bonds. The number of nitrogens with one attached hydrogen (secondary N) is 2. The van der Waals surface area contributed by atoms with Crippen molar-refractivity contribution in [3.8, 4) is 0 Å². The summed E-state index contributed by atoms with van der Waals surface area (Å²) in [5.41, 5.74) is 1.83. The van der Waals surface area contributed by atoms with Crippen LogP contribution < -0.4 is 14.9 Å². The summed E-state index contributed by atoms with van der Waals surface area (Å²) in [6, 6.07) is 4.95. The summed E-state index contributed by atoms with van der Waals surface area (Å²) >= 11 is 0. The second-order valence-corrected chi connectivity index (χ2v) is 11.4. The van der Waals surface area contributed by atoms with Gasteiger partial charge in [-0.15, -0.1) is 0 Å². The van der Waals surface area contributed by atoms with Gasteiger partial charge in [-0.2, -0.15) is 0 Å². The first-order chi connectivity index (χ1) is 14.1. The topological polar surface area (TPSA) is 70.7 Å². The minimum Gasteiger partial charge on any atom is -0.383 e. The van der Waals surface area contributed by atoms with Crippen molar-refractivity contribution < 1.29 is 17.5 Å². The summed E-state index contributed by atoms with van der Waals surface area (Å²) in [4.78, 5) is 2.20. The second kappa shape index (κ2) is 9.83. The molecule has 1 heterocycles. The lowest BCUT2D eigenvalue weighted by molar-refractivity contribution is -0.00519. The Hall–Kier alpha value is -1.38. The van der Waals surface area contributed by atoms with Crippen molar-refractivity contribution in [1.82, 2.24) is 4.72 Å². The van der Waals surface area contributed by atoms with E-state index < -0.39 is 15.3 Å². The second-order valence-electron chi connectivity index (χ2n) is 9.13. The van der Waals surface area contributed by atoms with Gasteiger partial charge in [0.25, 0.3) is 0 Å². The number of rotatable bonds is 7. The molecule has 0 bridgehead atoms. The summed E-state index contributed by atoms with van der Waals surface area (Å²) in [6.07, 6.45) is 3.87. The fourth-order valence-electron chi connectivity index (χ4n) is 4.40. The SMILES string of the molecule is CC(C)S(=O)(=O)N[C@H]1CC[C@H](CNc2ccc(F)cc2N2C[C@@H](C)O[C@@H](C)C2)CC1. The summed E-state index contributed by atoms with van der Waals surface area (Å²) in [5.74, 6) is 0.241. The van der Waals surface area contributed by atoms with Gasteiger partial charge in [-0.05, 0) is 77.5 Å². The van der Waals surface area contributed by atoms with Crippen LogP contribution in [0.3, 0.4) is 0 Å². The highest BCUT2D eigenvalue weighted by atomic mass is 32.2. The number of hydrogen-bond acceptors (Lipinski definition) is 5. The van der Waals surface area contributed by atoms with E-state index in [0.29, 0.717) is 5.92 Å². The van der Waals surface area contributed by atoms with Crippen molar-refractivity contribution in [3.63, 3.8) is 0 Å². The van der Waals surface area contributed by atoms with Crippen LogP contribution in [0.15, 0.2) is 18.2 Å². The van der Waals surface area contributed by atoms with E-state index in [1.54, 1.807) is 19.9 Å². The van der Waals surface area contributed by atoms with Gasteiger partial charge in [0.1, 0.15) is 5.82 Å². The highest BCUT2D eigenvalue weighted by Gasteiger charge is 2.27. The van der Waals surface area contributed by atoms with Crippen LogP contribution in [-0.2, 0) is 14.8 Å². The maximum Gasteiger partial charge on any atom is 0.214 e. The van der Waals surface area contributed by atoms with Gasteiger partial charge in [-0.3, -0.25) is 0 Å². The molecule has 1 saturated carbocycles. The minimum atomic E-state index is -3.22. The van der Waals surface area contributed by atoms with Gasteiger partial charge in [0.05, 0.1) is 28.8 Å². The van der Waals surface area contributed by atoms with E-state index in [-0.39, 0.29) is 24.1 Å². The molecular weight excluding hydrogens is 405 g/mol. The molecule has 2 atom stereocenters. The molecule has 3 rings (SSSR count). The Morgan fingerprint density at radius 2 is 1.77 bits per heavy atom. The molecule has 1 aliphatic carbocycles. The molecule has 0 radical (unpaired) electrons. The van der Waals surface area contributed by atoms with Crippen LogP contribution in [0, 0.1) is 11.7 Å². The highest BCUT2D eigenvalue weighted by molar-refractivity contribution is 7.90. The predicted octanol–water partition coefficient (Wildman–Crippen LogP) is 3.74. The van der Waals surface area contributed by atoms with Crippen LogP contribution in [0.5, 0.6) is 0 Å². The molecule has 170 valence electrons. The first-order valence-electron chi connectivity index (χ1n) is 11.1. The number of hydrogen-bond donors (Lipinski definition) is 2. The third-order valence-corrected chi connectivity index (χ3v) is 8.00. The molecule has 30 heavy (non-hydrogen) atoms. The smallest absolute Gasteiger partial charge is 0.214 e. The molecule has 2 N–H and O–H groups in total. The Kier molecular flexibility index (Phi) is 7.63. The molecule has 0 aromatic heterocycles. The first kappa shape index (κ1) is 23.3. The van der Waals surface area contributed by atoms with Crippen molar-refractivity contribution in [1.29, 1.82) is 0 Å². The number of morpholine rings is 1. The maximum absolute atomic E-state index is 14.0. The molecule has 0 unspecified atom stereocenters. The van der Waals surface area contributed by atoms with Crippen LogP contribution >= 0.6 is 0 Å². The van der Waals surface area contributed by atoms with Crippen molar-refractivity contribution in [2.45, 2.75) is 76.9 Å². The lowest BCUT2D eigenvalue weighted by Crippen LogP contribution is -2.45. The number of halogens is 1. The van der Waals surface area contributed by atoms with E-state index in [0.717, 1.165) is 56.7 Å². The van der Waals surface area contributed by atoms with Crippen molar-refractivity contribution in [2.24, 2.45) is 5.92 Å². The summed E-state index contributed by atoms with van der Waals surface area (Å²) in [7, 11) is -3.22. The molecule has 1 aromatic carbocycles. The van der Waals surface area contributed by atoms with Gasteiger partial charge < -0.3 is 15.0 Å². The van der Waals surface area contributed by atoms with E-state index in [2.05, 4.69) is 14.9 Å². The predicted molar refractivity (Wildman–Crippen MR) is 120 cm³/mol. The van der Waals surface area contributed by atoms with E-state index in [1.807, 2.05) is 19.9 Å². The van der Waals surface area contributed by atoms with E-state index in [4.69, 9.17) is 4.74 Å². The Morgan fingerprint density at radius 3 is 2.37 bits per heavy atom. The number of ether oxygens (including phenoxy) is 1. The minimum absolute atomic E-state index is 0.0337. The fraction of sp³-hybridized carbons (Fsp3) is 0.727. The van der Waals surface area contributed by atoms with Crippen molar-refractivity contribution in [3.05, 3.63) is 24.0 Å².